The van der Waals surface area contributed by atoms with E-state index in [9.17, 15) is 0 Å². The van der Waals surface area contributed by atoms with Crippen molar-refractivity contribution in [2.75, 3.05) is 32.4 Å². The zero-order valence-electron chi connectivity index (χ0n) is 11.9. The van der Waals surface area contributed by atoms with Crippen LogP contribution in [0.25, 0.3) is 0 Å². The molecule has 1 aliphatic rings. The highest BCUT2D eigenvalue weighted by atomic mass is 79.9. The molecule has 3 nitrogen and oxygen atoms in total. The summed E-state index contributed by atoms with van der Waals surface area (Å²) < 4.78 is 1.07. The van der Waals surface area contributed by atoms with Gasteiger partial charge in [0.1, 0.15) is 0 Å². The molecule has 1 heterocycles. The van der Waals surface area contributed by atoms with Gasteiger partial charge in [0.05, 0.1) is 0 Å². The molecule has 19 heavy (non-hydrogen) atoms. The summed E-state index contributed by atoms with van der Waals surface area (Å²) >= 11 is 3.51. The minimum absolute atomic E-state index is 0.697. The predicted molar refractivity (Wildman–Crippen MR) is 85.2 cm³/mol. The lowest BCUT2D eigenvalue weighted by Gasteiger charge is -2.36. The first-order valence-electron chi connectivity index (χ1n) is 7.06. The van der Waals surface area contributed by atoms with Gasteiger partial charge < -0.3 is 10.6 Å². The van der Waals surface area contributed by atoms with E-state index in [1.807, 2.05) is 6.07 Å². The molecule has 1 aliphatic heterocycles. The average molecular weight is 326 g/mol. The Kier molecular flexibility index (Phi) is 5.25. The van der Waals surface area contributed by atoms with Crippen LogP contribution in [0.4, 0.5) is 5.69 Å². The Morgan fingerprint density at radius 1 is 1.32 bits per heavy atom. The summed E-state index contributed by atoms with van der Waals surface area (Å²) in [6, 6.07) is 6.88. The maximum atomic E-state index is 5.89. The number of hydrogen-bond donors (Lipinski definition) is 1. The van der Waals surface area contributed by atoms with Gasteiger partial charge in [0.25, 0.3) is 0 Å². The Balaban J connectivity index is 1.92. The molecule has 0 bridgehead atoms. The number of likely N-dealkylation sites (tertiary alicyclic amines) is 1. The van der Waals surface area contributed by atoms with Crippen LogP contribution in [0.15, 0.2) is 22.7 Å². The van der Waals surface area contributed by atoms with Crippen molar-refractivity contribution < 1.29 is 0 Å². The molecular formula is C15H24BrN3. The van der Waals surface area contributed by atoms with E-state index in [0.29, 0.717) is 6.04 Å². The molecule has 106 valence electrons. The predicted octanol–water partition coefficient (Wildman–Crippen LogP) is 2.95. The largest absolute Gasteiger partial charge is 0.399 e. The second-order valence-electron chi connectivity index (χ2n) is 5.47. The van der Waals surface area contributed by atoms with E-state index in [-0.39, 0.29) is 0 Å². The molecule has 1 saturated heterocycles. The first kappa shape index (κ1) is 14.8. The van der Waals surface area contributed by atoms with Gasteiger partial charge in [-0.1, -0.05) is 22.9 Å². The van der Waals surface area contributed by atoms with E-state index in [1.54, 1.807) is 0 Å². The van der Waals surface area contributed by atoms with Gasteiger partial charge in [-0.2, -0.15) is 0 Å². The molecular weight excluding hydrogens is 302 g/mol. The van der Waals surface area contributed by atoms with Crippen LogP contribution < -0.4 is 5.73 Å². The number of halogens is 1. The molecule has 0 unspecified atom stereocenters. The van der Waals surface area contributed by atoms with Crippen LogP contribution in [0.5, 0.6) is 0 Å². The minimum Gasteiger partial charge on any atom is -0.399 e. The monoisotopic (exact) mass is 325 g/mol. The van der Waals surface area contributed by atoms with Crippen LogP contribution in [-0.2, 0) is 6.54 Å². The molecule has 0 radical (unpaired) electrons. The number of anilines is 1. The van der Waals surface area contributed by atoms with E-state index in [0.717, 1.165) is 16.7 Å². The van der Waals surface area contributed by atoms with Crippen LogP contribution in [0.1, 0.15) is 25.3 Å². The first-order valence-corrected chi connectivity index (χ1v) is 7.85. The Bertz CT molecular complexity index is 394. The number of nitrogens with two attached hydrogens (primary N) is 1. The summed E-state index contributed by atoms with van der Waals surface area (Å²) in [4.78, 5) is 5.00. The minimum atomic E-state index is 0.697. The van der Waals surface area contributed by atoms with E-state index >= 15 is 0 Å². The van der Waals surface area contributed by atoms with Gasteiger partial charge in [-0.15, -0.1) is 0 Å². The third-order valence-electron chi connectivity index (χ3n) is 4.04. The molecule has 2 N–H and O–H groups in total. The summed E-state index contributed by atoms with van der Waals surface area (Å²) in [5, 5.41) is 0. The first-order chi connectivity index (χ1) is 9.08. The molecule has 1 aromatic rings. The average Bonchev–Trinajstić information content (AvgIpc) is 2.37. The topological polar surface area (TPSA) is 32.5 Å². The zero-order valence-corrected chi connectivity index (χ0v) is 13.5. The SMILES string of the molecule is CCN1CCC(N(C)Cc2cc(N)cc(Br)c2)CC1. The zero-order chi connectivity index (χ0) is 13.8. The normalized spacial score (nSPS) is 18.1. The Morgan fingerprint density at radius 3 is 2.58 bits per heavy atom. The van der Waals surface area contributed by atoms with Crippen molar-refractivity contribution in [3.05, 3.63) is 28.2 Å². The van der Waals surface area contributed by atoms with Gasteiger partial charge in [-0.05, 0) is 63.3 Å². The highest BCUT2D eigenvalue weighted by molar-refractivity contribution is 9.10. The van der Waals surface area contributed by atoms with Gasteiger partial charge in [0.15, 0.2) is 0 Å². The van der Waals surface area contributed by atoms with Crippen LogP contribution in [-0.4, -0.2) is 42.5 Å². The van der Waals surface area contributed by atoms with Crippen LogP contribution in [0.2, 0.25) is 0 Å². The molecule has 0 aromatic heterocycles. The number of benzene rings is 1. The summed E-state index contributed by atoms with van der Waals surface area (Å²) in [5.41, 5.74) is 8.01. The van der Waals surface area contributed by atoms with Gasteiger partial charge in [0, 0.05) is 22.7 Å². The van der Waals surface area contributed by atoms with Crippen molar-refractivity contribution in [1.82, 2.24) is 9.80 Å². The molecule has 0 aliphatic carbocycles. The highest BCUT2D eigenvalue weighted by Gasteiger charge is 2.21. The summed E-state index contributed by atoms with van der Waals surface area (Å²) in [6.07, 6.45) is 2.54. The van der Waals surface area contributed by atoms with E-state index in [2.05, 4.69) is 51.8 Å². The van der Waals surface area contributed by atoms with E-state index in [4.69, 9.17) is 5.73 Å². The summed E-state index contributed by atoms with van der Waals surface area (Å²) in [6.45, 7) is 6.85. The lowest BCUT2D eigenvalue weighted by Crippen LogP contribution is -2.42. The van der Waals surface area contributed by atoms with Gasteiger partial charge in [-0.3, -0.25) is 4.90 Å². The molecule has 0 spiro atoms. The van der Waals surface area contributed by atoms with Crippen molar-refractivity contribution in [2.24, 2.45) is 0 Å². The van der Waals surface area contributed by atoms with Crippen molar-refractivity contribution in [2.45, 2.75) is 32.4 Å². The Hall–Kier alpha value is -0.580. The van der Waals surface area contributed by atoms with E-state index in [1.165, 1.54) is 38.0 Å². The van der Waals surface area contributed by atoms with Gasteiger partial charge in [-0.25, -0.2) is 0 Å². The fourth-order valence-corrected chi connectivity index (χ4v) is 3.42. The second-order valence-corrected chi connectivity index (χ2v) is 6.39. The molecule has 0 saturated carbocycles. The molecule has 1 fully saturated rings. The molecule has 1 aromatic carbocycles. The lowest BCUT2D eigenvalue weighted by molar-refractivity contribution is 0.127. The van der Waals surface area contributed by atoms with Crippen LogP contribution >= 0.6 is 15.9 Å². The Labute approximate surface area is 124 Å². The third-order valence-corrected chi connectivity index (χ3v) is 4.50. The molecule has 0 amide bonds. The second kappa shape index (κ2) is 6.73. The van der Waals surface area contributed by atoms with Crippen molar-refractivity contribution in [1.29, 1.82) is 0 Å². The van der Waals surface area contributed by atoms with Gasteiger partial charge >= 0.3 is 0 Å². The van der Waals surface area contributed by atoms with Crippen LogP contribution in [0, 0.1) is 0 Å². The number of rotatable bonds is 4. The quantitative estimate of drug-likeness (QED) is 0.864. The summed E-state index contributed by atoms with van der Waals surface area (Å²) in [7, 11) is 2.23. The number of nitrogen functional groups attached to an aromatic ring is 1. The van der Waals surface area contributed by atoms with Crippen molar-refractivity contribution in [3.8, 4) is 0 Å². The third kappa shape index (κ3) is 4.20. The fraction of sp³-hybridized carbons (Fsp3) is 0.600. The highest BCUT2D eigenvalue weighted by Crippen LogP contribution is 2.21. The van der Waals surface area contributed by atoms with E-state index < -0.39 is 0 Å². The fourth-order valence-electron chi connectivity index (χ4n) is 2.86. The summed E-state index contributed by atoms with van der Waals surface area (Å²) in [5.74, 6) is 0. The maximum Gasteiger partial charge on any atom is 0.0328 e. The number of hydrogen-bond acceptors (Lipinski definition) is 3. The lowest BCUT2D eigenvalue weighted by atomic mass is 10.0. The van der Waals surface area contributed by atoms with Crippen LogP contribution in [0.3, 0.4) is 0 Å². The van der Waals surface area contributed by atoms with Gasteiger partial charge in [0.2, 0.25) is 0 Å². The van der Waals surface area contributed by atoms with Crippen molar-refractivity contribution in [3.63, 3.8) is 0 Å². The van der Waals surface area contributed by atoms with Crippen molar-refractivity contribution >= 4 is 21.6 Å². The number of piperidine rings is 1. The molecule has 0 atom stereocenters. The standard InChI is InChI=1S/C15H24BrN3/c1-3-19-6-4-15(5-7-19)18(2)11-12-8-13(16)10-14(17)9-12/h8-10,15H,3-7,11,17H2,1-2H3. The number of nitrogens with zero attached hydrogens (tertiary/aromatic N) is 2. The smallest absolute Gasteiger partial charge is 0.0328 e. The molecule has 2 rings (SSSR count). The molecule has 4 heteroatoms. The Morgan fingerprint density at radius 2 is 2.00 bits per heavy atom. The maximum absolute atomic E-state index is 5.89.